The van der Waals surface area contributed by atoms with E-state index in [4.69, 9.17) is 10.1 Å². The van der Waals surface area contributed by atoms with E-state index in [0.29, 0.717) is 0 Å². The molecule has 17 heavy (non-hydrogen) atoms. The monoisotopic (exact) mass is 238 g/mol. The zero-order valence-corrected chi connectivity index (χ0v) is 9.92. The van der Waals surface area contributed by atoms with Crippen LogP contribution in [-0.4, -0.2) is 29.0 Å². The summed E-state index contributed by atoms with van der Waals surface area (Å²) in [5.74, 6) is -1.05. The first kappa shape index (κ1) is 13.1. The summed E-state index contributed by atoms with van der Waals surface area (Å²) < 4.78 is 4.94. The van der Waals surface area contributed by atoms with Gasteiger partial charge in [0.2, 0.25) is 5.78 Å². The van der Waals surface area contributed by atoms with Gasteiger partial charge in [-0.05, 0) is 20.8 Å². The molecule has 0 bridgehead atoms. The molecule has 0 saturated heterocycles. The lowest BCUT2D eigenvalue weighted by atomic mass is 10.0. The highest BCUT2D eigenvalue weighted by atomic mass is 16.6. The first-order valence-electron chi connectivity index (χ1n) is 5.06. The van der Waals surface area contributed by atoms with Gasteiger partial charge in [-0.3, -0.25) is 14.9 Å². The third-order valence-electron chi connectivity index (χ3n) is 1.85. The molecule has 1 aliphatic rings. The fourth-order valence-electron chi connectivity index (χ4n) is 1.16. The molecule has 2 N–H and O–H groups in total. The fraction of sp³-hybridized carbons (Fsp3) is 0.455. The van der Waals surface area contributed by atoms with E-state index in [1.54, 1.807) is 20.8 Å². The van der Waals surface area contributed by atoms with Crippen molar-refractivity contribution < 1.29 is 19.1 Å². The Morgan fingerprint density at radius 3 is 2.53 bits per heavy atom. The van der Waals surface area contributed by atoms with Crippen molar-refractivity contribution >= 4 is 23.4 Å². The van der Waals surface area contributed by atoms with Crippen LogP contribution in [-0.2, 0) is 14.3 Å². The van der Waals surface area contributed by atoms with E-state index >= 15 is 0 Å². The van der Waals surface area contributed by atoms with Crippen LogP contribution in [0, 0.1) is 5.41 Å². The molecule has 0 aromatic heterocycles. The van der Waals surface area contributed by atoms with Gasteiger partial charge in [0.25, 0.3) is 0 Å². The van der Waals surface area contributed by atoms with Gasteiger partial charge in [-0.25, -0.2) is 4.79 Å². The third kappa shape index (κ3) is 3.82. The van der Waals surface area contributed by atoms with Gasteiger partial charge in [0.1, 0.15) is 5.60 Å². The second-order valence-electron chi connectivity index (χ2n) is 4.63. The molecule has 0 saturated carbocycles. The predicted octanol–water partition coefficient (Wildman–Crippen LogP) is 0.957. The highest BCUT2D eigenvalue weighted by molar-refractivity contribution is 6.49. The van der Waals surface area contributed by atoms with Crippen molar-refractivity contribution in [1.29, 1.82) is 5.41 Å². The minimum absolute atomic E-state index is 0.125. The van der Waals surface area contributed by atoms with Crippen LogP contribution in [0.25, 0.3) is 0 Å². The normalized spacial score (nSPS) is 16.6. The second-order valence-corrected chi connectivity index (χ2v) is 4.63. The van der Waals surface area contributed by atoms with Crippen molar-refractivity contribution in [2.24, 2.45) is 0 Å². The summed E-state index contributed by atoms with van der Waals surface area (Å²) in [5.41, 5.74) is -1.08. The highest BCUT2D eigenvalue weighted by Gasteiger charge is 2.26. The lowest BCUT2D eigenvalue weighted by Gasteiger charge is -2.20. The Bertz CT molecular complexity index is 429. The number of hydrogen-bond acceptors (Lipinski definition) is 5. The van der Waals surface area contributed by atoms with Crippen molar-refractivity contribution in [2.45, 2.75) is 32.8 Å². The summed E-state index contributed by atoms with van der Waals surface area (Å²) in [6.45, 7) is 5.06. The van der Waals surface area contributed by atoms with Gasteiger partial charge in [-0.1, -0.05) is 0 Å². The van der Waals surface area contributed by atoms with Crippen molar-refractivity contribution in [3.8, 4) is 0 Å². The van der Waals surface area contributed by atoms with Crippen LogP contribution in [0.5, 0.6) is 0 Å². The van der Waals surface area contributed by atoms with E-state index in [2.05, 4.69) is 5.32 Å². The standard InChI is InChI=1S/C11H14N2O4/c1-11(2,3)17-10(16)13-7-5-8(14)6(12)4-9(7)15/h5,12H,4H2,1-3H3,(H,13,16). The fourth-order valence-corrected chi connectivity index (χ4v) is 1.16. The number of Topliss-reactive ketones (excluding diaryl/α,β-unsaturated/α-hetero) is 1. The van der Waals surface area contributed by atoms with Gasteiger partial charge in [-0.15, -0.1) is 0 Å². The Hall–Kier alpha value is -1.98. The summed E-state index contributed by atoms with van der Waals surface area (Å²) in [7, 11) is 0. The third-order valence-corrected chi connectivity index (χ3v) is 1.85. The molecular weight excluding hydrogens is 224 g/mol. The van der Waals surface area contributed by atoms with Crippen molar-refractivity contribution in [3.05, 3.63) is 11.8 Å². The minimum Gasteiger partial charge on any atom is -0.444 e. The van der Waals surface area contributed by atoms with E-state index in [1.165, 1.54) is 0 Å². The number of allylic oxidation sites excluding steroid dienone is 2. The van der Waals surface area contributed by atoms with Crippen molar-refractivity contribution in [2.75, 3.05) is 0 Å². The molecule has 0 aliphatic heterocycles. The molecule has 0 spiro atoms. The van der Waals surface area contributed by atoms with Gasteiger partial charge in [0.05, 0.1) is 17.8 Å². The summed E-state index contributed by atoms with van der Waals surface area (Å²) in [4.78, 5) is 34.0. The Kier molecular flexibility index (Phi) is 3.45. The molecule has 0 fully saturated rings. The van der Waals surface area contributed by atoms with Crippen LogP contribution >= 0.6 is 0 Å². The average molecular weight is 238 g/mol. The molecule has 0 heterocycles. The van der Waals surface area contributed by atoms with Gasteiger partial charge in [0.15, 0.2) is 5.78 Å². The highest BCUT2D eigenvalue weighted by Crippen LogP contribution is 2.10. The van der Waals surface area contributed by atoms with Gasteiger partial charge < -0.3 is 10.1 Å². The van der Waals surface area contributed by atoms with E-state index < -0.39 is 23.3 Å². The molecule has 0 aromatic rings. The Morgan fingerprint density at radius 2 is 2.00 bits per heavy atom. The Labute approximate surface area is 98.5 Å². The number of ketones is 2. The van der Waals surface area contributed by atoms with Gasteiger partial charge in [-0.2, -0.15) is 0 Å². The van der Waals surface area contributed by atoms with Crippen LogP contribution in [0.2, 0.25) is 0 Å². The molecule has 1 amide bonds. The molecule has 0 radical (unpaired) electrons. The van der Waals surface area contributed by atoms with Gasteiger partial charge >= 0.3 is 6.09 Å². The summed E-state index contributed by atoms with van der Waals surface area (Å²) in [5, 5.41) is 9.39. The SMILES string of the molecule is CC(C)(C)OC(=O)NC1=CC(=O)C(=N)CC1=O. The Balaban J connectivity index is 2.72. The van der Waals surface area contributed by atoms with Crippen LogP contribution in [0.3, 0.4) is 0 Å². The first-order valence-corrected chi connectivity index (χ1v) is 5.06. The molecule has 1 rings (SSSR count). The maximum atomic E-state index is 11.4. The second kappa shape index (κ2) is 4.48. The lowest BCUT2D eigenvalue weighted by Crippen LogP contribution is -2.37. The van der Waals surface area contributed by atoms with E-state index in [1.807, 2.05) is 0 Å². The van der Waals surface area contributed by atoms with Crippen molar-refractivity contribution in [1.82, 2.24) is 5.32 Å². The number of nitrogens with one attached hydrogen (secondary N) is 2. The number of hydrogen-bond donors (Lipinski definition) is 2. The molecule has 92 valence electrons. The van der Waals surface area contributed by atoms with Crippen LogP contribution in [0.4, 0.5) is 4.79 Å². The molecule has 0 aromatic carbocycles. The number of carbonyl (C=O) groups is 3. The summed E-state index contributed by atoms with van der Waals surface area (Å²) in [6, 6.07) is 0. The predicted molar refractivity (Wildman–Crippen MR) is 59.8 cm³/mol. The molecule has 0 atom stereocenters. The minimum atomic E-state index is -0.793. The number of alkyl carbamates (subject to hydrolysis) is 1. The van der Waals surface area contributed by atoms with E-state index in [9.17, 15) is 14.4 Å². The number of rotatable bonds is 1. The summed E-state index contributed by atoms with van der Waals surface area (Å²) in [6.07, 6.45) is -0.142. The quantitative estimate of drug-likeness (QED) is 0.711. The number of amides is 1. The van der Waals surface area contributed by atoms with Gasteiger partial charge in [0, 0.05) is 6.08 Å². The largest absolute Gasteiger partial charge is 0.444 e. The molecule has 6 nitrogen and oxygen atoms in total. The zero-order chi connectivity index (χ0) is 13.2. The summed E-state index contributed by atoms with van der Waals surface area (Å²) >= 11 is 0. The zero-order valence-electron chi connectivity index (χ0n) is 9.92. The van der Waals surface area contributed by atoms with E-state index in [0.717, 1.165) is 6.08 Å². The molecule has 6 heteroatoms. The lowest BCUT2D eigenvalue weighted by molar-refractivity contribution is -0.117. The molecule has 1 aliphatic carbocycles. The number of carbonyl (C=O) groups excluding carboxylic acids is 3. The first-order chi connectivity index (χ1) is 7.69. The molecule has 0 unspecified atom stereocenters. The maximum absolute atomic E-state index is 11.4. The topological polar surface area (TPSA) is 96.3 Å². The smallest absolute Gasteiger partial charge is 0.412 e. The van der Waals surface area contributed by atoms with Crippen molar-refractivity contribution in [3.63, 3.8) is 0 Å². The van der Waals surface area contributed by atoms with Crippen LogP contribution in [0.1, 0.15) is 27.2 Å². The van der Waals surface area contributed by atoms with E-state index in [-0.39, 0.29) is 17.8 Å². The van der Waals surface area contributed by atoms with Crippen LogP contribution in [0.15, 0.2) is 11.8 Å². The average Bonchev–Trinajstić information content (AvgIpc) is 2.11. The Morgan fingerprint density at radius 1 is 1.41 bits per heavy atom. The number of ether oxygens (including phenoxy) is 1. The maximum Gasteiger partial charge on any atom is 0.412 e. The van der Waals surface area contributed by atoms with Crippen LogP contribution < -0.4 is 5.32 Å². The molecular formula is C11H14N2O4.